The van der Waals surface area contributed by atoms with Crippen molar-refractivity contribution in [2.75, 3.05) is 25.1 Å². The van der Waals surface area contributed by atoms with E-state index in [4.69, 9.17) is 5.73 Å². The van der Waals surface area contributed by atoms with E-state index < -0.39 is 9.84 Å². The highest BCUT2D eigenvalue weighted by Crippen LogP contribution is 2.23. The van der Waals surface area contributed by atoms with E-state index in [1.807, 2.05) is 0 Å². The fraction of sp³-hybridized carbons (Fsp3) is 0.533. The van der Waals surface area contributed by atoms with Gasteiger partial charge in [-0.05, 0) is 37.0 Å². The van der Waals surface area contributed by atoms with Gasteiger partial charge >= 0.3 is 0 Å². The maximum atomic E-state index is 12.5. The lowest BCUT2D eigenvalue weighted by Crippen LogP contribution is -2.38. The van der Waals surface area contributed by atoms with Gasteiger partial charge in [-0.2, -0.15) is 0 Å². The van der Waals surface area contributed by atoms with Crippen LogP contribution in [0.25, 0.3) is 0 Å². The summed E-state index contributed by atoms with van der Waals surface area (Å²) in [5.74, 6) is 0.545. The number of sulfone groups is 1. The average Bonchev–Trinajstić information content (AvgIpc) is 2.45. The van der Waals surface area contributed by atoms with E-state index in [1.165, 1.54) is 12.1 Å². The standard InChI is InChI=1S/C15H22N2O3S/c1-3-11-4-6-17(7-5-11)15(18)12-8-13(16)10-14(9-12)21(2,19)20/h8-11H,3-7,16H2,1-2H3. The summed E-state index contributed by atoms with van der Waals surface area (Å²) in [7, 11) is -3.38. The topological polar surface area (TPSA) is 80.5 Å². The molecule has 0 atom stereocenters. The van der Waals surface area contributed by atoms with E-state index >= 15 is 0 Å². The maximum Gasteiger partial charge on any atom is 0.253 e. The van der Waals surface area contributed by atoms with Crippen LogP contribution in [-0.4, -0.2) is 38.6 Å². The summed E-state index contributed by atoms with van der Waals surface area (Å²) in [6, 6.07) is 4.35. The Morgan fingerprint density at radius 3 is 2.43 bits per heavy atom. The van der Waals surface area contributed by atoms with Crippen LogP contribution in [0.1, 0.15) is 36.5 Å². The van der Waals surface area contributed by atoms with Gasteiger partial charge in [0.2, 0.25) is 0 Å². The molecule has 0 saturated carbocycles. The molecular weight excluding hydrogens is 288 g/mol. The van der Waals surface area contributed by atoms with Crippen LogP contribution in [0.4, 0.5) is 5.69 Å². The monoisotopic (exact) mass is 310 g/mol. The molecule has 6 heteroatoms. The van der Waals surface area contributed by atoms with Gasteiger partial charge in [0.1, 0.15) is 0 Å². The number of amides is 1. The molecule has 0 radical (unpaired) electrons. The van der Waals surface area contributed by atoms with Gasteiger partial charge in [0.05, 0.1) is 4.90 Å². The van der Waals surface area contributed by atoms with Gasteiger partial charge < -0.3 is 10.6 Å². The van der Waals surface area contributed by atoms with Crippen molar-refractivity contribution in [3.05, 3.63) is 23.8 Å². The van der Waals surface area contributed by atoms with E-state index in [9.17, 15) is 13.2 Å². The molecule has 1 fully saturated rings. The molecule has 1 aromatic rings. The highest BCUT2D eigenvalue weighted by Gasteiger charge is 2.23. The number of benzene rings is 1. The van der Waals surface area contributed by atoms with Gasteiger partial charge in [-0.15, -0.1) is 0 Å². The number of rotatable bonds is 3. The third-order valence-electron chi connectivity index (χ3n) is 4.08. The van der Waals surface area contributed by atoms with Crippen LogP contribution in [0.3, 0.4) is 0 Å². The fourth-order valence-corrected chi connectivity index (χ4v) is 3.38. The van der Waals surface area contributed by atoms with Crippen LogP contribution in [-0.2, 0) is 9.84 Å². The smallest absolute Gasteiger partial charge is 0.253 e. The zero-order valence-corrected chi connectivity index (χ0v) is 13.3. The number of likely N-dealkylation sites (tertiary alicyclic amines) is 1. The molecule has 1 aliphatic rings. The average molecular weight is 310 g/mol. The van der Waals surface area contributed by atoms with Crippen molar-refractivity contribution in [1.82, 2.24) is 4.90 Å². The van der Waals surface area contributed by atoms with Gasteiger partial charge in [-0.25, -0.2) is 8.42 Å². The quantitative estimate of drug-likeness (QED) is 0.865. The van der Waals surface area contributed by atoms with E-state index in [0.29, 0.717) is 17.2 Å². The van der Waals surface area contributed by atoms with E-state index in [2.05, 4.69) is 6.92 Å². The second-order valence-electron chi connectivity index (χ2n) is 5.71. The minimum absolute atomic E-state index is 0.0919. The summed E-state index contributed by atoms with van der Waals surface area (Å²) >= 11 is 0. The van der Waals surface area contributed by atoms with Gasteiger partial charge in [0.25, 0.3) is 5.91 Å². The Labute approximate surface area is 126 Å². The number of anilines is 1. The van der Waals surface area contributed by atoms with Crippen molar-refractivity contribution in [2.24, 2.45) is 5.92 Å². The first-order valence-corrected chi connectivity index (χ1v) is 9.10. The minimum atomic E-state index is -3.38. The Hall–Kier alpha value is -1.56. The zero-order valence-electron chi connectivity index (χ0n) is 12.5. The second-order valence-corrected chi connectivity index (χ2v) is 7.72. The van der Waals surface area contributed by atoms with Gasteiger partial charge in [0.15, 0.2) is 9.84 Å². The highest BCUT2D eigenvalue weighted by molar-refractivity contribution is 7.90. The summed E-state index contributed by atoms with van der Waals surface area (Å²) in [6.07, 6.45) is 4.26. The fourth-order valence-electron chi connectivity index (χ4n) is 2.69. The lowest BCUT2D eigenvalue weighted by molar-refractivity contribution is 0.0688. The first-order chi connectivity index (χ1) is 9.81. The molecule has 2 rings (SSSR count). The van der Waals surface area contributed by atoms with Crippen molar-refractivity contribution in [3.63, 3.8) is 0 Å². The van der Waals surface area contributed by atoms with Crippen molar-refractivity contribution in [2.45, 2.75) is 31.1 Å². The number of nitrogen functional groups attached to an aromatic ring is 1. The molecule has 2 N–H and O–H groups in total. The van der Waals surface area contributed by atoms with Crippen molar-refractivity contribution < 1.29 is 13.2 Å². The summed E-state index contributed by atoms with van der Waals surface area (Å²) < 4.78 is 23.3. The molecule has 5 nitrogen and oxygen atoms in total. The summed E-state index contributed by atoms with van der Waals surface area (Å²) in [5, 5.41) is 0. The van der Waals surface area contributed by atoms with Crippen molar-refractivity contribution in [3.8, 4) is 0 Å². The lowest BCUT2D eigenvalue weighted by atomic mass is 9.94. The summed E-state index contributed by atoms with van der Waals surface area (Å²) in [4.78, 5) is 14.4. The Morgan fingerprint density at radius 1 is 1.29 bits per heavy atom. The third kappa shape index (κ3) is 3.75. The Bertz CT molecular complexity index is 632. The SMILES string of the molecule is CCC1CCN(C(=O)c2cc(N)cc(S(C)(=O)=O)c2)CC1. The molecule has 0 spiro atoms. The number of hydrogen-bond acceptors (Lipinski definition) is 4. The molecule has 116 valence electrons. The van der Waals surface area contributed by atoms with Crippen LogP contribution < -0.4 is 5.73 Å². The van der Waals surface area contributed by atoms with Crippen LogP contribution >= 0.6 is 0 Å². The van der Waals surface area contributed by atoms with E-state index in [0.717, 1.165) is 38.6 Å². The predicted octanol–water partition coefficient (Wildman–Crippen LogP) is 1.93. The third-order valence-corrected chi connectivity index (χ3v) is 5.18. The first kappa shape index (κ1) is 15.8. The Morgan fingerprint density at radius 2 is 1.90 bits per heavy atom. The molecule has 21 heavy (non-hydrogen) atoms. The Balaban J connectivity index is 2.22. The van der Waals surface area contributed by atoms with Gasteiger partial charge in [0, 0.05) is 30.6 Å². The normalized spacial score (nSPS) is 17.0. The minimum Gasteiger partial charge on any atom is -0.399 e. The first-order valence-electron chi connectivity index (χ1n) is 7.21. The van der Waals surface area contributed by atoms with Gasteiger partial charge in [-0.3, -0.25) is 4.79 Å². The highest BCUT2D eigenvalue weighted by atomic mass is 32.2. The van der Waals surface area contributed by atoms with Gasteiger partial charge in [-0.1, -0.05) is 13.3 Å². The molecular formula is C15H22N2O3S. The Kier molecular flexibility index (Phi) is 4.56. The summed E-state index contributed by atoms with van der Waals surface area (Å²) in [6.45, 7) is 3.61. The number of hydrogen-bond donors (Lipinski definition) is 1. The summed E-state index contributed by atoms with van der Waals surface area (Å²) in [5.41, 5.74) is 6.38. The number of nitrogens with zero attached hydrogens (tertiary/aromatic N) is 1. The molecule has 1 aliphatic heterocycles. The van der Waals surface area contributed by atoms with Crippen molar-refractivity contribution in [1.29, 1.82) is 0 Å². The molecule has 0 aromatic heterocycles. The number of carbonyl (C=O) groups is 1. The molecule has 0 aliphatic carbocycles. The second kappa shape index (κ2) is 6.05. The molecule has 1 heterocycles. The molecule has 0 unspecified atom stereocenters. The lowest BCUT2D eigenvalue weighted by Gasteiger charge is -2.31. The molecule has 0 bridgehead atoms. The van der Waals surface area contributed by atoms with E-state index in [1.54, 1.807) is 11.0 Å². The molecule has 1 aromatic carbocycles. The van der Waals surface area contributed by atoms with Crippen LogP contribution in [0.2, 0.25) is 0 Å². The number of piperidine rings is 1. The van der Waals surface area contributed by atoms with Crippen LogP contribution in [0, 0.1) is 5.92 Å². The van der Waals surface area contributed by atoms with E-state index in [-0.39, 0.29) is 10.8 Å². The molecule has 1 saturated heterocycles. The predicted molar refractivity (Wildman–Crippen MR) is 82.9 cm³/mol. The van der Waals surface area contributed by atoms with Crippen molar-refractivity contribution >= 4 is 21.4 Å². The largest absolute Gasteiger partial charge is 0.399 e. The number of carbonyl (C=O) groups excluding carboxylic acids is 1. The zero-order chi connectivity index (χ0) is 15.6. The maximum absolute atomic E-state index is 12.5. The molecule has 1 amide bonds. The number of nitrogens with two attached hydrogens (primary N) is 1. The van der Waals surface area contributed by atoms with Crippen LogP contribution in [0.15, 0.2) is 23.1 Å². The van der Waals surface area contributed by atoms with Crippen LogP contribution in [0.5, 0.6) is 0 Å².